The van der Waals surface area contributed by atoms with Crippen LogP contribution in [-0.4, -0.2) is 22.7 Å². The maximum Gasteiger partial charge on any atom is 0.306 e. The largest absolute Gasteiger partial charge is 0.453 e. The van der Waals surface area contributed by atoms with E-state index in [1.165, 1.54) is 0 Å². The SMILES string of the molecule is CCCC(=O)OC1C(=O)CCCC1Br. The lowest BCUT2D eigenvalue weighted by atomic mass is 9.96. The molecular weight excluding hydrogens is 248 g/mol. The molecular formula is C10H15BrO3. The number of hydrogen-bond donors (Lipinski definition) is 0. The molecule has 1 saturated carbocycles. The van der Waals surface area contributed by atoms with Crippen LogP contribution in [0.15, 0.2) is 0 Å². The Hall–Kier alpha value is -0.380. The quantitative estimate of drug-likeness (QED) is 0.579. The maximum atomic E-state index is 11.4. The van der Waals surface area contributed by atoms with Gasteiger partial charge in [0.25, 0.3) is 0 Å². The van der Waals surface area contributed by atoms with Crippen LogP contribution in [0.4, 0.5) is 0 Å². The average Bonchev–Trinajstić information content (AvgIpc) is 2.12. The average molecular weight is 263 g/mol. The molecule has 0 saturated heterocycles. The van der Waals surface area contributed by atoms with Gasteiger partial charge in [-0.3, -0.25) is 9.59 Å². The van der Waals surface area contributed by atoms with E-state index in [1.54, 1.807) is 0 Å². The smallest absolute Gasteiger partial charge is 0.306 e. The topological polar surface area (TPSA) is 43.4 Å². The van der Waals surface area contributed by atoms with Crippen LogP contribution in [0.3, 0.4) is 0 Å². The van der Waals surface area contributed by atoms with Crippen LogP contribution in [0.5, 0.6) is 0 Å². The second-order valence-electron chi connectivity index (χ2n) is 3.53. The van der Waals surface area contributed by atoms with Gasteiger partial charge >= 0.3 is 5.97 Å². The zero-order chi connectivity index (χ0) is 10.6. The van der Waals surface area contributed by atoms with Gasteiger partial charge in [-0.05, 0) is 19.3 Å². The number of rotatable bonds is 3. The molecule has 0 amide bonds. The van der Waals surface area contributed by atoms with E-state index in [1.807, 2.05) is 6.92 Å². The highest BCUT2D eigenvalue weighted by Crippen LogP contribution is 2.24. The van der Waals surface area contributed by atoms with Gasteiger partial charge in [-0.15, -0.1) is 0 Å². The molecule has 1 fully saturated rings. The lowest BCUT2D eigenvalue weighted by molar-refractivity contribution is -0.156. The maximum absolute atomic E-state index is 11.4. The Morgan fingerprint density at radius 3 is 2.93 bits per heavy atom. The van der Waals surface area contributed by atoms with Crippen LogP contribution in [0.2, 0.25) is 0 Å². The van der Waals surface area contributed by atoms with Gasteiger partial charge in [0.2, 0.25) is 0 Å². The number of carbonyl (C=O) groups is 2. The van der Waals surface area contributed by atoms with Crippen LogP contribution in [0.25, 0.3) is 0 Å². The summed E-state index contributed by atoms with van der Waals surface area (Å²) in [5.41, 5.74) is 0. The van der Waals surface area contributed by atoms with Crippen molar-refractivity contribution < 1.29 is 14.3 Å². The molecule has 0 spiro atoms. The van der Waals surface area contributed by atoms with Gasteiger partial charge < -0.3 is 4.74 Å². The van der Waals surface area contributed by atoms with Crippen LogP contribution in [0, 0.1) is 0 Å². The van der Waals surface area contributed by atoms with Crippen molar-refractivity contribution in [3.63, 3.8) is 0 Å². The molecule has 2 unspecified atom stereocenters. The van der Waals surface area contributed by atoms with Crippen molar-refractivity contribution in [2.45, 2.75) is 50.0 Å². The Morgan fingerprint density at radius 1 is 1.64 bits per heavy atom. The van der Waals surface area contributed by atoms with Crippen LogP contribution >= 0.6 is 15.9 Å². The van der Waals surface area contributed by atoms with Crippen molar-refractivity contribution in [2.24, 2.45) is 0 Å². The van der Waals surface area contributed by atoms with Gasteiger partial charge in [0.1, 0.15) is 0 Å². The number of hydrogen-bond acceptors (Lipinski definition) is 3. The highest BCUT2D eigenvalue weighted by Gasteiger charge is 2.32. The van der Waals surface area contributed by atoms with Gasteiger partial charge in [-0.2, -0.15) is 0 Å². The lowest BCUT2D eigenvalue weighted by Crippen LogP contribution is -2.38. The molecule has 2 atom stereocenters. The Morgan fingerprint density at radius 2 is 2.36 bits per heavy atom. The van der Waals surface area contributed by atoms with Gasteiger partial charge in [0.05, 0.1) is 4.83 Å². The first-order valence-corrected chi connectivity index (χ1v) is 5.93. The van der Waals surface area contributed by atoms with E-state index in [0.29, 0.717) is 12.8 Å². The second kappa shape index (κ2) is 5.49. The minimum atomic E-state index is -0.553. The summed E-state index contributed by atoms with van der Waals surface area (Å²) in [5.74, 6) is -0.222. The second-order valence-corrected chi connectivity index (χ2v) is 4.71. The molecule has 1 aliphatic carbocycles. The third-order valence-electron chi connectivity index (χ3n) is 2.26. The molecule has 4 heteroatoms. The van der Waals surface area contributed by atoms with Crippen molar-refractivity contribution in [2.75, 3.05) is 0 Å². The third kappa shape index (κ3) is 3.08. The fourth-order valence-electron chi connectivity index (χ4n) is 1.51. The monoisotopic (exact) mass is 262 g/mol. The number of ether oxygens (including phenoxy) is 1. The van der Waals surface area contributed by atoms with Crippen molar-refractivity contribution >= 4 is 27.7 Å². The summed E-state index contributed by atoms with van der Waals surface area (Å²) in [6.07, 6.45) is 2.91. The van der Waals surface area contributed by atoms with Crippen LogP contribution in [-0.2, 0) is 14.3 Å². The first kappa shape index (κ1) is 11.7. The van der Waals surface area contributed by atoms with E-state index in [0.717, 1.165) is 19.3 Å². The fourth-order valence-corrected chi connectivity index (χ4v) is 2.24. The highest BCUT2D eigenvalue weighted by atomic mass is 79.9. The molecule has 0 radical (unpaired) electrons. The summed E-state index contributed by atoms with van der Waals surface area (Å²) >= 11 is 3.38. The first-order chi connectivity index (χ1) is 6.65. The molecule has 1 rings (SSSR count). The molecule has 3 nitrogen and oxygen atoms in total. The number of esters is 1. The normalized spacial score (nSPS) is 27.4. The van der Waals surface area contributed by atoms with Crippen LogP contribution in [0.1, 0.15) is 39.0 Å². The number of carbonyl (C=O) groups excluding carboxylic acids is 2. The van der Waals surface area contributed by atoms with E-state index >= 15 is 0 Å². The van der Waals surface area contributed by atoms with Crippen LogP contribution < -0.4 is 0 Å². The Labute approximate surface area is 92.3 Å². The minimum absolute atomic E-state index is 0.00422. The van der Waals surface area contributed by atoms with E-state index in [2.05, 4.69) is 15.9 Å². The summed E-state index contributed by atoms with van der Waals surface area (Å²) in [6.45, 7) is 1.91. The molecule has 80 valence electrons. The van der Waals surface area contributed by atoms with E-state index in [4.69, 9.17) is 4.74 Å². The molecule has 0 aromatic rings. The predicted octanol–water partition coefficient (Wildman–Crippen LogP) is 2.21. The Balaban J connectivity index is 2.47. The number of ketones is 1. The zero-order valence-corrected chi connectivity index (χ0v) is 9.88. The highest BCUT2D eigenvalue weighted by molar-refractivity contribution is 9.09. The zero-order valence-electron chi connectivity index (χ0n) is 8.29. The number of halogens is 1. The number of alkyl halides is 1. The van der Waals surface area contributed by atoms with E-state index in [-0.39, 0.29) is 16.6 Å². The molecule has 0 aromatic heterocycles. The summed E-state index contributed by atoms with van der Waals surface area (Å²) in [5, 5.41) is 0. The molecule has 14 heavy (non-hydrogen) atoms. The Kier molecular flexibility index (Phi) is 4.58. The third-order valence-corrected chi connectivity index (χ3v) is 3.20. The Bertz CT molecular complexity index is 227. The van der Waals surface area contributed by atoms with Gasteiger partial charge in [-0.1, -0.05) is 22.9 Å². The van der Waals surface area contributed by atoms with Gasteiger partial charge in [-0.25, -0.2) is 0 Å². The first-order valence-electron chi connectivity index (χ1n) is 5.01. The summed E-state index contributed by atoms with van der Waals surface area (Å²) in [7, 11) is 0. The summed E-state index contributed by atoms with van der Waals surface area (Å²) in [6, 6.07) is 0. The van der Waals surface area contributed by atoms with Gasteiger partial charge in [0.15, 0.2) is 11.9 Å². The summed E-state index contributed by atoms with van der Waals surface area (Å²) < 4.78 is 5.12. The predicted molar refractivity (Wildman–Crippen MR) is 56.4 cm³/mol. The minimum Gasteiger partial charge on any atom is -0.453 e. The van der Waals surface area contributed by atoms with E-state index < -0.39 is 6.10 Å². The van der Waals surface area contributed by atoms with Gasteiger partial charge in [0, 0.05) is 12.8 Å². The fraction of sp³-hybridized carbons (Fsp3) is 0.800. The van der Waals surface area contributed by atoms with Crippen molar-refractivity contribution in [1.29, 1.82) is 0 Å². The number of Topliss-reactive ketones (excluding diaryl/α,β-unsaturated/α-hetero) is 1. The van der Waals surface area contributed by atoms with Crippen molar-refractivity contribution in [1.82, 2.24) is 0 Å². The molecule has 0 aromatic carbocycles. The van der Waals surface area contributed by atoms with Crippen molar-refractivity contribution in [3.8, 4) is 0 Å². The van der Waals surface area contributed by atoms with Crippen molar-refractivity contribution in [3.05, 3.63) is 0 Å². The summed E-state index contributed by atoms with van der Waals surface area (Å²) in [4.78, 5) is 22.6. The molecule has 0 bridgehead atoms. The lowest BCUT2D eigenvalue weighted by Gasteiger charge is -2.25. The standard InChI is InChI=1S/C10H15BrO3/c1-2-4-9(13)14-10-7(11)5-3-6-8(10)12/h7,10H,2-6H2,1H3. The molecule has 0 N–H and O–H groups in total. The van der Waals surface area contributed by atoms with E-state index in [9.17, 15) is 9.59 Å². The molecule has 1 aliphatic rings. The molecule has 0 aliphatic heterocycles. The molecule has 0 heterocycles.